The molecule has 0 heterocycles. The van der Waals surface area contributed by atoms with Crippen LogP contribution in [0.1, 0.15) is 0 Å². The number of rotatable bonds is 5. The molecular formula is C6H12Cl2O6. The molecule has 0 fully saturated rings. The van der Waals surface area contributed by atoms with E-state index in [1.807, 2.05) is 0 Å². The van der Waals surface area contributed by atoms with Gasteiger partial charge >= 0.3 is 0 Å². The number of hydrogen-bond donors (Lipinski definition) is 6. The van der Waals surface area contributed by atoms with E-state index in [4.69, 9.17) is 53.8 Å². The van der Waals surface area contributed by atoms with E-state index in [1.54, 1.807) is 0 Å². The minimum atomic E-state index is -1.93. The van der Waals surface area contributed by atoms with Crippen LogP contribution in [0.25, 0.3) is 0 Å². The van der Waals surface area contributed by atoms with E-state index in [9.17, 15) is 0 Å². The highest BCUT2D eigenvalue weighted by Crippen LogP contribution is 2.13. The zero-order valence-corrected chi connectivity index (χ0v) is 8.42. The van der Waals surface area contributed by atoms with Gasteiger partial charge in [-0.25, -0.2) is 0 Å². The fourth-order valence-electron chi connectivity index (χ4n) is 0.729. The first-order valence-electron chi connectivity index (χ1n) is 3.65. The van der Waals surface area contributed by atoms with Gasteiger partial charge in [0, 0.05) is 0 Å². The third-order valence-electron chi connectivity index (χ3n) is 1.61. The summed E-state index contributed by atoms with van der Waals surface area (Å²) in [6, 6.07) is 0. The monoisotopic (exact) mass is 250 g/mol. The molecule has 14 heavy (non-hydrogen) atoms. The van der Waals surface area contributed by atoms with Crippen LogP contribution in [0.3, 0.4) is 0 Å². The maximum absolute atomic E-state index is 9.10. The van der Waals surface area contributed by atoms with Crippen molar-refractivity contribution >= 4 is 23.2 Å². The van der Waals surface area contributed by atoms with Crippen molar-refractivity contribution in [3.8, 4) is 0 Å². The van der Waals surface area contributed by atoms with E-state index in [0.29, 0.717) is 0 Å². The van der Waals surface area contributed by atoms with E-state index < -0.39 is 35.5 Å². The highest BCUT2D eigenvalue weighted by Gasteiger charge is 2.35. The first-order valence-corrected chi connectivity index (χ1v) is 4.53. The van der Waals surface area contributed by atoms with Crippen molar-refractivity contribution in [1.82, 2.24) is 0 Å². The summed E-state index contributed by atoms with van der Waals surface area (Å²) in [5, 5.41) is 53.4. The summed E-state index contributed by atoms with van der Waals surface area (Å²) in [4.78, 5) is 0. The molecule has 0 aliphatic heterocycles. The molecule has 0 saturated carbocycles. The Balaban J connectivity index is 4.30. The molecule has 0 aliphatic rings. The van der Waals surface area contributed by atoms with Crippen molar-refractivity contribution in [2.24, 2.45) is 0 Å². The minimum absolute atomic E-state index is 1.81. The van der Waals surface area contributed by atoms with Crippen LogP contribution in [0.15, 0.2) is 0 Å². The fourth-order valence-corrected chi connectivity index (χ4v) is 1.03. The highest BCUT2D eigenvalue weighted by atomic mass is 35.5. The summed E-state index contributed by atoms with van der Waals surface area (Å²) in [6.07, 6.45) is -7.58. The Morgan fingerprint density at radius 3 is 0.857 bits per heavy atom. The molecule has 0 aromatic rings. The maximum Gasteiger partial charge on any atom is 0.156 e. The Kier molecular flexibility index (Phi) is 6.19. The average Bonchev–Trinajstić information content (AvgIpc) is 2.12. The summed E-state index contributed by atoms with van der Waals surface area (Å²) in [5.41, 5.74) is -3.61. The van der Waals surface area contributed by atoms with Crippen molar-refractivity contribution in [2.75, 3.05) is 0 Å². The lowest BCUT2D eigenvalue weighted by molar-refractivity contribution is -0.133. The smallest absolute Gasteiger partial charge is 0.156 e. The lowest BCUT2D eigenvalue weighted by atomic mass is 10.0. The van der Waals surface area contributed by atoms with Gasteiger partial charge < -0.3 is 30.6 Å². The predicted molar refractivity (Wildman–Crippen MR) is 47.7 cm³/mol. The Morgan fingerprint density at radius 1 is 0.500 bits per heavy atom. The molecule has 0 aliphatic carbocycles. The molecular weight excluding hydrogens is 239 g/mol. The van der Waals surface area contributed by atoms with Gasteiger partial charge in [-0.1, -0.05) is 23.2 Å². The molecule has 0 radical (unpaired) electrons. The number of hydrogen-bond acceptors (Lipinski definition) is 6. The van der Waals surface area contributed by atoms with E-state index in [2.05, 4.69) is 0 Å². The molecule has 0 amide bonds. The van der Waals surface area contributed by atoms with Crippen LogP contribution in [-0.2, 0) is 0 Å². The molecule has 6 unspecified atom stereocenters. The second-order valence-corrected chi connectivity index (χ2v) is 3.60. The SMILES string of the molecule is OC(Cl)C(O)C(O)C(O)C(O)C(O)Cl. The molecule has 6 atom stereocenters. The van der Waals surface area contributed by atoms with Crippen molar-refractivity contribution in [3.05, 3.63) is 0 Å². The van der Waals surface area contributed by atoms with Crippen LogP contribution in [-0.4, -0.2) is 66.2 Å². The van der Waals surface area contributed by atoms with Crippen molar-refractivity contribution < 1.29 is 30.6 Å². The van der Waals surface area contributed by atoms with Gasteiger partial charge in [-0.15, -0.1) is 0 Å². The van der Waals surface area contributed by atoms with E-state index in [0.717, 1.165) is 0 Å². The molecule has 8 heteroatoms. The van der Waals surface area contributed by atoms with Crippen LogP contribution < -0.4 is 0 Å². The summed E-state index contributed by atoms with van der Waals surface area (Å²) < 4.78 is 0. The van der Waals surface area contributed by atoms with Crippen molar-refractivity contribution in [1.29, 1.82) is 0 Å². The number of halogens is 2. The third-order valence-corrected chi connectivity index (χ3v) is 2.13. The van der Waals surface area contributed by atoms with Crippen LogP contribution in [0.2, 0.25) is 0 Å². The summed E-state index contributed by atoms with van der Waals surface area (Å²) in [5.74, 6) is 0. The summed E-state index contributed by atoms with van der Waals surface area (Å²) in [7, 11) is 0. The van der Waals surface area contributed by atoms with Gasteiger partial charge in [-0.2, -0.15) is 0 Å². The third kappa shape index (κ3) is 3.84. The highest BCUT2D eigenvalue weighted by molar-refractivity contribution is 6.20. The van der Waals surface area contributed by atoms with Crippen molar-refractivity contribution in [2.45, 2.75) is 35.5 Å². The lowest BCUT2D eigenvalue weighted by Gasteiger charge is -2.27. The minimum Gasteiger partial charge on any atom is -0.387 e. The molecule has 6 N–H and O–H groups in total. The first-order chi connectivity index (χ1) is 6.29. The van der Waals surface area contributed by atoms with Gasteiger partial charge in [0.15, 0.2) is 11.1 Å². The second-order valence-electron chi connectivity index (χ2n) is 2.71. The van der Waals surface area contributed by atoms with E-state index in [-0.39, 0.29) is 0 Å². The van der Waals surface area contributed by atoms with Gasteiger partial charge in [0.05, 0.1) is 0 Å². The normalized spacial score (nSPS) is 24.9. The lowest BCUT2D eigenvalue weighted by Crippen LogP contribution is -2.50. The summed E-state index contributed by atoms with van der Waals surface area (Å²) in [6.45, 7) is 0. The molecule has 0 saturated heterocycles. The maximum atomic E-state index is 9.10. The Hall–Kier alpha value is 0.340. The molecule has 86 valence electrons. The van der Waals surface area contributed by atoms with Gasteiger partial charge in [0.25, 0.3) is 0 Å². The van der Waals surface area contributed by atoms with Crippen LogP contribution in [0, 0.1) is 0 Å². The van der Waals surface area contributed by atoms with Crippen LogP contribution in [0.4, 0.5) is 0 Å². The average molecular weight is 251 g/mol. The first kappa shape index (κ1) is 14.3. The van der Waals surface area contributed by atoms with Crippen LogP contribution in [0.5, 0.6) is 0 Å². The van der Waals surface area contributed by atoms with Crippen LogP contribution >= 0.6 is 23.2 Å². The predicted octanol–water partition coefficient (Wildman–Crippen LogP) is -2.46. The largest absolute Gasteiger partial charge is 0.387 e. The van der Waals surface area contributed by atoms with Gasteiger partial charge in [-0.05, 0) is 0 Å². The quantitative estimate of drug-likeness (QED) is 0.301. The Morgan fingerprint density at radius 2 is 0.714 bits per heavy atom. The fraction of sp³-hybridized carbons (Fsp3) is 1.00. The zero-order valence-electron chi connectivity index (χ0n) is 6.90. The Labute approximate surface area is 89.9 Å². The molecule has 0 bridgehead atoms. The number of aliphatic hydroxyl groups excluding tert-OH is 6. The second kappa shape index (κ2) is 6.04. The standard InChI is InChI=1S/C6H12Cl2O6/c7-5(13)3(11)1(9)2(10)4(12)6(8)14/h1-6,9-14H. The van der Waals surface area contributed by atoms with Gasteiger partial charge in [-0.3, -0.25) is 0 Å². The molecule has 0 spiro atoms. The Bertz CT molecular complexity index is 148. The molecule has 0 aromatic carbocycles. The number of alkyl halides is 2. The van der Waals surface area contributed by atoms with Crippen molar-refractivity contribution in [3.63, 3.8) is 0 Å². The van der Waals surface area contributed by atoms with E-state index >= 15 is 0 Å². The van der Waals surface area contributed by atoms with Gasteiger partial charge in [0.2, 0.25) is 0 Å². The topological polar surface area (TPSA) is 121 Å². The molecule has 0 aromatic heterocycles. The van der Waals surface area contributed by atoms with E-state index in [1.165, 1.54) is 0 Å². The number of aliphatic hydroxyl groups is 6. The molecule has 0 rings (SSSR count). The van der Waals surface area contributed by atoms with Gasteiger partial charge in [0.1, 0.15) is 24.4 Å². The summed E-state index contributed by atoms with van der Waals surface area (Å²) >= 11 is 10.0. The zero-order chi connectivity index (χ0) is 11.5. The molecule has 6 nitrogen and oxygen atoms in total.